The highest BCUT2D eigenvalue weighted by molar-refractivity contribution is 7.92. The van der Waals surface area contributed by atoms with E-state index in [2.05, 4.69) is 5.48 Å². The van der Waals surface area contributed by atoms with E-state index in [1.807, 2.05) is 6.07 Å². The van der Waals surface area contributed by atoms with Crippen LogP contribution in [-0.2, 0) is 34.4 Å². The number of carbonyl (C=O) groups excluding carboxylic acids is 1. The average Bonchev–Trinajstić information content (AvgIpc) is 2.76. The molecule has 2 fully saturated rings. The number of benzene rings is 1. The number of hydrogen-bond donors (Lipinski definition) is 1. The van der Waals surface area contributed by atoms with Gasteiger partial charge in [0.2, 0.25) is 20.0 Å². The van der Waals surface area contributed by atoms with Gasteiger partial charge in [-0.05, 0) is 24.5 Å². The zero-order chi connectivity index (χ0) is 22.5. The predicted molar refractivity (Wildman–Crippen MR) is 114 cm³/mol. The van der Waals surface area contributed by atoms with Gasteiger partial charge in [0.1, 0.15) is 6.04 Å². The molecule has 0 saturated carbocycles. The first-order valence-corrected chi connectivity index (χ1v) is 13.3. The van der Waals surface area contributed by atoms with Crippen molar-refractivity contribution in [3.05, 3.63) is 41.3 Å². The van der Waals surface area contributed by atoms with Crippen LogP contribution in [0.25, 0.3) is 6.08 Å². The molecule has 2 saturated heterocycles. The third-order valence-electron chi connectivity index (χ3n) is 5.05. The molecule has 1 unspecified atom stereocenters. The summed E-state index contributed by atoms with van der Waals surface area (Å²) >= 11 is 0. The molecule has 2 atom stereocenters. The Morgan fingerprint density at radius 3 is 2.55 bits per heavy atom. The number of hydroxylamine groups is 1. The van der Waals surface area contributed by atoms with E-state index in [0.717, 1.165) is 33.1 Å². The molecule has 0 radical (unpaired) electrons. The Morgan fingerprint density at radius 2 is 1.90 bits per heavy atom. The van der Waals surface area contributed by atoms with Crippen molar-refractivity contribution in [3.8, 4) is 0 Å². The molecule has 172 valence electrons. The van der Waals surface area contributed by atoms with E-state index in [9.17, 15) is 21.6 Å². The largest absolute Gasteiger partial charge is 0.350 e. The number of sulfonamides is 2. The highest BCUT2D eigenvalue weighted by atomic mass is 32.2. The third kappa shape index (κ3) is 6.57. The van der Waals surface area contributed by atoms with E-state index in [4.69, 9.17) is 9.57 Å². The van der Waals surface area contributed by atoms with Gasteiger partial charge in [-0.25, -0.2) is 27.2 Å². The summed E-state index contributed by atoms with van der Waals surface area (Å²) in [5, 5.41) is 1.02. The van der Waals surface area contributed by atoms with Crippen molar-refractivity contribution >= 4 is 32.0 Å². The Hall–Kier alpha value is -1.83. The van der Waals surface area contributed by atoms with E-state index in [0.29, 0.717) is 18.6 Å². The van der Waals surface area contributed by atoms with Crippen LogP contribution in [0.3, 0.4) is 0 Å². The molecule has 3 rings (SSSR count). The Morgan fingerprint density at radius 1 is 1.16 bits per heavy atom. The molecule has 31 heavy (non-hydrogen) atoms. The van der Waals surface area contributed by atoms with Crippen LogP contribution in [0, 0.1) is 0 Å². The fraction of sp³-hybridized carbons (Fsp3) is 0.526. The van der Waals surface area contributed by atoms with E-state index < -0.39 is 38.3 Å². The van der Waals surface area contributed by atoms with Crippen LogP contribution in [0.1, 0.15) is 24.8 Å². The van der Waals surface area contributed by atoms with Crippen LogP contribution in [0.4, 0.5) is 0 Å². The maximum Gasteiger partial charge on any atom is 0.263 e. The molecule has 0 bridgehead atoms. The fourth-order valence-corrected chi connectivity index (χ4v) is 5.53. The Labute approximate surface area is 182 Å². The first-order chi connectivity index (χ1) is 14.7. The van der Waals surface area contributed by atoms with E-state index in [-0.39, 0.29) is 19.6 Å². The summed E-state index contributed by atoms with van der Waals surface area (Å²) in [6, 6.07) is 7.58. The summed E-state index contributed by atoms with van der Waals surface area (Å²) in [6.45, 7) is -0.00523. The minimum atomic E-state index is -4.00. The van der Waals surface area contributed by atoms with Gasteiger partial charge in [0, 0.05) is 38.1 Å². The molecule has 2 aliphatic rings. The van der Waals surface area contributed by atoms with Gasteiger partial charge in [-0.15, -0.1) is 0 Å². The monoisotopic (exact) mass is 473 g/mol. The molecule has 1 amide bonds. The average molecular weight is 474 g/mol. The molecule has 1 aromatic carbocycles. The SMILES string of the molecule is CS(=O)(=O)N1CCN(S(=O)(=O)C=Cc2ccccc2)[C@@H](C(=O)NOC2CCCCO2)C1. The minimum absolute atomic E-state index is 0.0480. The summed E-state index contributed by atoms with van der Waals surface area (Å²) in [7, 11) is -7.61. The maximum absolute atomic E-state index is 13.0. The molecule has 0 aliphatic carbocycles. The molecular weight excluding hydrogens is 446 g/mol. The Bertz CT molecular complexity index is 991. The van der Waals surface area contributed by atoms with Crippen molar-refractivity contribution < 1.29 is 31.2 Å². The van der Waals surface area contributed by atoms with Crippen LogP contribution < -0.4 is 5.48 Å². The van der Waals surface area contributed by atoms with Crippen molar-refractivity contribution in [1.29, 1.82) is 0 Å². The highest BCUT2D eigenvalue weighted by Crippen LogP contribution is 2.20. The second-order valence-corrected chi connectivity index (χ2v) is 11.1. The summed E-state index contributed by atoms with van der Waals surface area (Å²) in [4.78, 5) is 18.1. The Balaban J connectivity index is 1.77. The van der Waals surface area contributed by atoms with Gasteiger partial charge in [-0.3, -0.25) is 4.79 Å². The van der Waals surface area contributed by atoms with Gasteiger partial charge in [-0.2, -0.15) is 8.61 Å². The first kappa shape index (κ1) is 23.8. The molecule has 1 N–H and O–H groups in total. The molecule has 1 aromatic rings. The number of piperazine rings is 1. The number of rotatable bonds is 7. The number of amides is 1. The van der Waals surface area contributed by atoms with Crippen LogP contribution in [0.2, 0.25) is 0 Å². The molecule has 2 heterocycles. The van der Waals surface area contributed by atoms with Crippen molar-refractivity contribution in [1.82, 2.24) is 14.1 Å². The van der Waals surface area contributed by atoms with Crippen LogP contribution in [0.15, 0.2) is 35.7 Å². The van der Waals surface area contributed by atoms with Crippen LogP contribution in [0.5, 0.6) is 0 Å². The van der Waals surface area contributed by atoms with Crippen molar-refractivity contribution in [3.63, 3.8) is 0 Å². The molecule has 2 aliphatic heterocycles. The van der Waals surface area contributed by atoms with Crippen LogP contribution >= 0.6 is 0 Å². The third-order valence-corrected chi connectivity index (χ3v) is 7.89. The van der Waals surface area contributed by atoms with Crippen LogP contribution in [-0.4, -0.2) is 76.2 Å². The quantitative estimate of drug-likeness (QED) is 0.573. The minimum Gasteiger partial charge on any atom is -0.350 e. The second kappa shape index (κ2) is 10.2. The lowest BCUT2D eigenvalue weighted by molar-refractivity contribution is -0.202. The molecule has 12 heteroatoms. The van der Waals surface area contributed by atoms with Gasteiger partial charge in [-0.1, -0.05) is 30.3 Å². The highest BCUT2D eigenvalue weighted by Gasteiger charge is 2.41. The zero-order valence-electron chi connectivity index (χ0n) is 17.2. The van der Waals surface area contributed by atoms with Crippen molar-refractivity contribution in [2.24, 2.45) is 0 Å². The molecule has 0 aromatic heterocycles. The molecule has 0 spiro atoms. The number of ether oxygens (including phenoxy) is 1. The summed E-state index contributed by atoms with van der Waals surface area (Å²) in [6.07, 6.45) is 4.22. The normalized spacial score (nSPS) is 24.3. The lowest BCUT2D eigenvalue weighted by Crippen LogP contribution is -2.61. The number of nitrogens with one attached hydrogen (secondary N) is 1. The number of carbonyl (C=O) groups is 1. The maximum atomic E-state index is 13.0. The number of nitrogens with zero attached hydrogens (tertiary/aromatic N) is 2. The predicted octanol–water partition coefficient (Wildman–Crippen LogP) is 0.507. The summed E-state index contributed by atoms with van der Waals surface area (Å²) in [5.41, 5.74) is 2.93. The zero-order valence-corrected chi connectivity index (χ0v) is 18.8. The van der Waals surface area contributed by atoms with Gasteiger partial charge >= 0.3 is 0 Å². The van der Waals surface area contributed by atoms with E-state index in [1.165, 1.54) is 6.08 Å². The van der Waals surface area contributed by atoms with Crippen molar-refractivity contribution in [2.75, 3.05) is 32.5 Å². The number of hydrogen-bond acceptors (Lipinski definition) is 7. The standard InChI is InChI=1S/C19H27N3O7S2/c1-30(24,25)21-11-12-22(31(26,27)14-10-16-7-3-2-4-8-16)17(15-21)19(23)20-29-18-9-5-6-13-28-18/h2-4,7-8,10,14,17-18H,5-6,9,11-13,15H2,1H3,(H,20,23)/t17-,18?/m1/s1. The fourth-order valence-electron chi connectivity index (χ4n) is 3.36. The van der Waals surface area contributed by atoms with E-state index >= 15 is 0 Å². The van der Waals surface area contributed by atoms with Gasteiger partial charge < -0.3 is 4.74 Å². The summed E-state index contributed by atoms with van der Waals surface area (Å²) in [5.74, 6) is -0.751. The van der Waals surface area contributed by atoms with Gasteiger partial charge in [0.05, 0.1) is 6.26 Å². The van der Waals surface area contributed by atoms with Gasteiger partial charge in [0.25, 0.3) is 5.91 Å². The lowest BCUT2D eigenvalue weighted by Gasteiger charge is -2.37. The van der Waals surface area contributed by atoms with E-state index in [1.54, 1.807) is 24.3 Å². The van der Waals surface area contributed by atoms with Crippen molar-refractivity contribution in [2.45, 2.75) is 31.6 Å². The molecular formula is C19H27N3O7S2. The van der Waals surface area contributed by atoms with Gasteiger partial charge in [0.15, 0.2) is 6.29 Å². The Kier molecular flexibility index (Phi) is 7.83. The lowest BCUT2D eigenvalue weighted by atomic mass is 10.2. The molecule has 10 nitrogen and oxygen atoms in total. The second-order valence-electron chi connectivity index (χ2n) is 7.39. The first-order valence-electron chi connectivity index (χ1n) is 9.94. The summed E-state index contributed by atoms with van der Waals surface area (Å²) < 4.78 is 57.4. The topological polar surface area (TPSA) is 122 Å². The smallest absolute Gasteiger partial charge is 0.263 e.